The number of rotatable bonds is 5. The van der Waals surface area contributed by atoms with Crippen LogP contribution >= 0.6 is 11.6 Å². The van der Waals surface area contributed by atoms with Crippen LogP contribution in [0.15, 0.2) is 24.3 Å². The molecular weight excluding hydrogens is 356 g/mol. The number of carbonyl (C=O) groups excluding carboxylic acids is 2. The molecule has 7 heteroatoms. The van der Waals surface area contributed by atoms with Crippen LogP contribution in [0.4, 0.5) is 0 Å². The molecule has 2 amide bonds. The first-order chi connectivity index (χ1) is 12.2. The average molecular weight is 379 g/mol. The first kappa shape index (κ1) is 18.9. The van der Waals surface area contributed by atoms with Gasteiger partial charge in [0.15, 0.2) is 0 Å². The zero-order valence-corrected chi connectivity index (χ0v) is 15.8. The summed E-state index contributed by atoms with van der Waals surface area (Å²) in [4.78, 5) is 39.4. The van der Waals surface area contributed by atoms with Gasteiger partial charge in [0.05, 0.1) is 11.8 Å². The zero-order chi connectivity index (χ0) is 19.2. The van der Waals surface area contributed by atoms with Crippen molar-refractivity contribution in [2.24, 2.45) is 17.8 Å². The van der Waals surface area contributed by atoms with Crippen LogP contribution in [0, 0.1) is 17.8 Å². The molecular formula is C19H23ClN2O4. The Hall–Kier alpha value is -1.92. The molecule has 0 radical (unpaired) electrons. The normalized spacial score (nSPS) is 31.0. The number of benzene rings is 1. The Balaban J connectivity index is 2.15. The van der Waals surface area contributed by atoms with E-state index in [2.05, 4.69) is 5.32 Å². The molecule has 0 spiro atoms. The highest BCUT2D eigenvalue weighted by Gasteiger charge is 2.68. The summed E-state index contributed by atoms with van der Waals surface area (Å²) in [6.07, 6.45) is 0.261. The Labute approximate surface area is 157 Å². The Bertz CT molecular complexity index is 766. The molecule has 26 heavy (non-hydrogen) atoms. The molecule has 6 nitrogen and oxygen atoms in total. The summed E-state index contributed by atoms with van der Waals surface area (Å²) in [7, 11) is 0. The molecule has 3 rings (SSSR count). The molecule has 4 atom stereocenters. The van der Waals surface area contributed by atoms with Gasteiger partial charge in [-0.1, -0.05) is 37.6 Å². The van der Waals surface area contributed by atoms with Crippen molar-refractivity contribution in [1.29, 1.82) is 0 Å². The highest BCUT2D eigenvalue weighted by Crippen LogP contribution is 2.51. The molecule has 2 aliphatic rings. The first-order valence-electron chi connectivity index (χ1n) is 8.84. The number of carboxylic acids is 1. The average Bonchev–Trinajstić information content (AvgIpc) is 3.02. The van der Waals surface area contributed by atoms with Gasteiger partial charge in [-0.25, -0.2) is 0 Å². The summed E-state index contributed by atoms with van der Waals surface area (Å²) >= 11 is 6.10. The zero-order valence-electron chi connectivity index (χ0n) is 15.0. The standard InChI is InChI=1S/C19H23ClN2O4/c1-4-22-16(23)13-14(17(22)24)19(18(25)26,9-10(2)3)21-15(13)11-6-5-7-12(20)8-11/h5-8,10,13-15,21H,4,9H2,1-3H3,(H,25,26). The number of fused-ring (bicyclic) bond motifs is 1. The fourth-order valence-electron chi connectivity index (χ4n) is 4.48. The lowest BCUT2D eigenvalue weighted by Gasteiger charge is -2.32. The molecule has 0 aromatic heterocycles. The summed E-state index contributed by atoms with van der Waals surface area (Å²) in [5.41, 5.74) is -0.749. The predicted molar refractivity (Wildman–Crippen MR) is 96.5 cm³/mol. The van der Waals surface area contributed by atoms with Gasteiger partial charge in [-0.15, -0.1) is 0 Å². The van der Waals surface area contributed by atoms with Crippen LogP contribution in [0.2, 0.25) is 5.02 Å². The van der Waals surface area contributed by atoms with Crippen LogP contribution in [-0.4, -0.2) is 39.9 Å². The number of aliphatic carboxylic acids is 1. The van der Waals surface area contributed by atoms with Crippen LogP contribution < -0.4 is 5.32 Å². The van der Waals surface area contributed by atoms with Gasteiger partial charge in [0.2, 0.25) is 11.8 Å². The van der Waals surface area contributed by atoms with Crippen LogP contribution in [0.25, 0.3) is 0 Å². The number of nitrogens with zero attached hydrogens (tertiary/aromatic N) is 1. The largest absolute Gasteiger partial charge is 0.480 e. The van der Waals surface area contributed by atoms with Crippen molar-refractivity contribution in [2.45, 2.75) is 38.8 Å². The first-order valence-corrected chi connectivity index (χ1v) is 9.22. The van der Waals surface area contributed by atoms with Gasteiger partial charge < -0.3 is 5.11 Å². The van der Waals surface area contributed by atoms with Crippen LogP contribution in [-0.2, 0) is 14.4 Å². The van der Waals surface area contributed by atoms with E-state index in [0.717, 1.165) is 5.56 Å². The van der Waals surface area contributed by atoms with Crippen LogP contribution in [0.5, 0.6) is 0 Å². The molecule has 2 aliphatic heterocycles. The SMILES string of the molecule is CCN1C(=O)C2C(c3cccc(Cl)c3)NC(CC(C)C)(C(=O)O)C2C1=O. The number of imide groups is 1. The Morgan fingerprint density at radius 3 is 2.58 bits per heavy atom. The number of hydrogen-bond donors (Lipinski definition) is 2. The number of hydrogen-bond acceptors (Lipinski definition) is 4. The van der Waals surface area contributed by atoms with Gasteiger partial charge in [-0.3, -0.25) is 24.6 Å². The summed E-state index contributed by atoms with van der Waals surface area (Å²) in [6, 6.07) is 6.43. The van der Waals surface area contributed by atoms with Gasteiger partial charge in [0, 0.05) is 17.6 Å². The van der Waals surface area contributed by atoms with E-state index < -0.39 is 35.3 Å². The second kappa shape index (κ2) is 6.67. The molecule has 2 N–H and O–H groups in total. The number of amides is 2. The summed E-state index contributed by atoms with van der Waals surface area (Å²) < 4.78 is 0. The monoisotopic (exact) mass is 378 g/mol. The predicted octanol–water partition coefficient (Wildman–Crippen LogP) is 2.47. The van der Waals surface area contributed by atoms with Gasteiger partial charge in [-0.2, -0.15) is 0 Å². The fourth-order valence-corrected chi connectivity index (χ4v) is 4.68. The summed E-state index contributed by atoms with van der Waals surface area (Å²) in [5, 5.41) is 13.7. The highest BCUT2D eigenvalue weighted by molar-refractivity contribution is 6.30. The van der Waals surface area contributed by atoms with E-state index in [1.165, 1.54) is 4.90 Å². The molecule has 2 saturated heterocycles. The minimum absolute atomic E-state index is 0.0379. The van der Waals surface area contributed by atoms with Gasteiger partial charge in [0.1, 0.15) is 5.54 Å². The molecule has 2 fully saturated rings. The number of nitrogens with one attached hydrogen (secondary N) is 1. The third-order valence-electron chi connectivity index (χ3n) is 5.38. The van der Waals surface area contributed by atoms with Crippen molar-refractivity contribution in [3.8, 4) is 0 Å². The van der Waals surface area contributed by atoms with Crippen LogP contribution in [0.1, 0.15) is 38.8 Å². The minimum Gasteiger partial charge on any atom is -0.480 e. The minimum atomic E-state index is -1.47. The number of likely N-dealkylation sites (tertiary alicyclic amines) is 1. The molecule has 1 aromatic carbocycles. The maximum atomic E-state index is 12.9. The molecule has 140 valence electrons. The van der Waals surface area contributed by atoms with Crippen molar-refractivity contribution in [3.63, 3.8) is 0 Å². The Morgan fingerprint density at radius 2 is 2.04 bits per heavy atom. The smallest absolute Gasteiger partial charge is 0.324 e. The third kappa shape index (κ3) is 2.72. The van der Waals surface area contributed by atoms with Gasteiger partial charge in [0.25, 0.3) is 0 Å². The van der Waals surface area contributed by atoms with Crippen molar-refractivity contribution < 1.29 is 19.5 Å². The summed E-state index contributed by atoms with van der Waals surface area (Å²) in [6.45, 7) is 5.79. The highest BCUT2D eigenvalue weighted by atomic mass is 35.5. The van der Waals surface area contributed by atoms with E-state index >= 15 is 0 Å². The molecule has 0 saturated carbocycles. The van der Waals surface area contributed by atoms with Crippen molar-refractivity contribution in [1.82, 2.24) is 10.2 Å². The van der Waals surface area contributed by atoms with Crippen molar-refractivity contribution >= 4 is 29.4 Å². The lowest BCUT2D eigenvalue weighted by molar-refractivity contribution is -0.152. The fraction of sp³-hybridized carbons (Fsp3) is 0.526. The molecule has 0 bridgehead atoms. The van der Waals surface area contributed by atoms with Gasteiger partial charge >= 0.3 is 5.97 Å². The van der Waals surface area contributed by atoms with E-state index in [1.54, 1.807) is 31.2 Å². The lowest BCUT2D eigenvalue weighted by atomic mass is 9.75. The molecule has 4 unspecified atom stereocenters. The second-order valence-electron chi connectivity index (χ2n) is 7.48. The van der Waals surface area contributed by atoms with Gasteiger partial charge in [-0.05, 0) is 37.0 Å². The maximum absolute atomic E-state index is 12.9. The third-order valence-corrected chi connectivity index (χ3v) is 5.62. The van der Waals surface area contributed by atoms with E-state index in [9.17, 15) is 19.5 Å². The maximum Gasteiger partial charge on any atom is 0.324 e. The number of carbonyl (C=O) groups is 3. The summed E-state index contributed by atoms with van der Waals surface area (Å²) in [5.74, 6) is -3.43. The van der Waals surface area contributed by atoms with Crippen LogP contribution in [0.3, 0.4) is 0 Å². The van der Waals surface area contributed by atoms with Crippen molar-refractivity contribution in [3.05, 3.63) is 34.9 Å². The van der Waals surface area contributed by atoms with Crippen molar-refractivity contribution in [2.75, 3.05) is 6.54 Å². The quantitative estimate of drug-likeness (QED) is 0.768. The Kier molecular flexibility index (Phi) is 4.84. The molecule has 1 aromatic rings. The Morgan fingerprint density at radius 1 is 1.35 bits per heavy atom. The second-order valence-corrected chi connectivity index (χ2v) is 7.91. The molecule has 0 aliphatic carbocycles. The molecule has 2 heterocycles. The lowest BCUT2D eigenvalue weighted by Crippen LogP contribution is -2.56. The van der Waals surface area contributed by atoms with E-state index in [1.807, 2.05) is 13.8 Å². The number of halogens is 1. The van der Waals surface area contributed by atoms with E-state index in [4.69, 9.17) is 11.6 Å². The van der Waals surface area contributed by atoms with E-state index in [0.29, 0.717) is 5.02 Å². The van der Waals surface area contributed by atoms with E-state index in [-0.39, 0.29) is 24.8 Å². The number of carboxylic acid groups (broad SMARTS) is 1. The topological polar surface area (TPSA) is 86.7 Å².